The zero-order chi connectivity index (χ0) is 20.0. The van der Waals surface area contributed by atoms with Crippen LogP contribution in [0.1, 0.15) is 37.7 Å². The van der Waals surface area contributed by atoms with Gasteiger partial charge in [0.15, 0.2) is 0 Å². The summed E-state index contributed by atoms with van der Waals surface area (Å²) in [7, 11) is -3.83. The molecule has 150 valence electrons. The number of carbonyl (C=O) groups is 1. The predicted molar refractivity (Wildman–Crippen MR) is 112 cm³/mol. The molecule has 28 heavy (non-hydrogen) atoms. The van der Waals surface area contributed by atoms with Crippen molar-refractivity contribution in [2.45, 2.75) is 43.9 Å². The number of benzene rings is 2. The van der Waals surface area contributed by atoms with E-state index in [2.05, 4.69) is 5.32 Å². The molecule has 3 rings (SSSR count). The first-order valence-corrected chi connectivity index (χ1v) is 11.3. The van der Waals surface area contributed by atoms with Gasteiger partial charge in [-0.1, -0.05) is 55.2 Å². The molecule has 0 heterocycles. The lowest BCUT2D eigenvalue weighted by atomic mass is 9.89. The highest BCUT2D eigenvalue weighted by molar-refractivity contribution is 7.92. The summed E-state index contributed by atoms with van der Waals surface area (Å²) in [6.45, 7) is 2.33. The summed E-state index contributed by atoms with van der Waals surface area (Å²) in [5, 5.41) is 2.94. The third kappa shape index (κ3) is 5.13. The van der Waals surface area contributed by atoms with Crippen molar-refractivity contribution in [1.29, 1.82) is 0 Å². The van der Waals surface area contributed by atoms with E-state index in [1.54, 1.807) is 42.5 Å². The maximum atomic E-state index is 13.2. The van der Waals surface area contributed by atoms with E-state index in [0.29, 0.717) is 18.2 Å². The SMILES string of the molecule is Cc1ccc(N(CC(=O)NCC2CCCCC2)S(=O)(=O)c2ccccc2)cc1. The van der Waals surface area contributed by atoms with Gasteiger partial charge in [-0.05, 0) is 49.9 Å². The van der Waals surface area contributed by atoms with Gasteiger partial charge in [0.2, 0.25) is 5.91 Å². The van der Waals surface area contributed by atoms with Crippen LogP contribution in [0.2, 0.25) is 0 Å². The van der Waals surface area contributed by atoms with Crippen molar-refractivity contribution in [2.75, 3.05) is 17.4 Å². The maximum Gasteiger partial charge on any atom is 0.264 e. The molecular weight excluding hydrogens is 372 g/mol. The van der Waals surface area contributed by atoms with Crippen molar-refractivity contribution in [3.63, 3.8) is 0 Å². The second-order valence-corrected chi connectivity index (χ2v) is 9.33. The molecule has 0 atom stereocenters. The molecule has 2 aromatic carbocycles. The number of carbonyl (C=O) groups excluding carboxylic acids is 1. The lowest BCUT2D eigenvalue weighted by Crippen LogP contribution is -2.42. The third-order valence-corrected chi connectivity index (χ3v) is 7.04. The average molecular weight is 401 g/mol. The fourth-order valence-electron chi connectivity index (χ4n) is 3.58. The first-order valence-electron chi connectivity index (χ1n) is 9.88. The van der Waals surface area contributed by atoms with Gasteiger partial charge < -0.3 is 5.32 Å². The van der Waals surface area contributed by atoms with E-state index in [1.165, 1.54) is 23.6 Å². The first-order chi connectivity index (χ1) is 13.5. The van der Waals surface area contributed by atoms with Gasteiger partial charge in [0.1, 0.15) is 6.54 Å². The molecule has 1 saturated carbocycles. The van der Waals surface area contributed by atoms with Gasteiger partial charge in [-0.3, -0.25) is 9.10 Å². The Morgan fingerprint density at radius 3 is 2.29 bits per heavy atom. The van der Waals surface area contributed by atoms with Crippen LogP contribution in [-0.4, -0.2) is 27.4 Å². The van der Waals surface area contributed by atoms with E-state index >= 15 is 0 Å². The van der Waals surface area contributed by atoms with E-state index < -0.39 is 10.0 Å². The number of nitrogens with one attached hydrogen (secondary N) is 1. The molecule has 5 nitrogen and oxygen atoms in total. The van der Waals surface area contributed by atoms with Gasteiger partial charge in [-0.15, -0.1) is 0 Å². The van der Waals surface area contributed by atoms with Crippen LogP contribution in [0.5, 0.6) is 0 Å². The summed E-state index contributed by atoms with van der Waals surface area (Å²) in [6.07, 6.45) is 5.94. The quantitative estimate of drug-likeness (QED) is 0.767. The van der Waals surface area contributed by atoms with Crippen molar-refractivity contribution in [1.82, 2.24) is 5.32 Å². The average Bonchev–Trinajstić information content (AvgIpc) is 2.72. The molecule has 1 amide bonds. The molecular formula is C22H28N2O3S. The summed E-state index contributed by atoms with van der Waals surface area (Å²) >= 11 is 0. The standard InChI is InChI=1S/C22H28N2O3S/c1-18-12-14-20(15-13-18)24(28(26,27)21-10-6-3-7-11-21)17-22(25)23-16-19-8-4-2-5-9-19/h3,6-7,10-15,19H,2,4-5,8-9,16-17H2,1H3,(H,23,25). The van der Waals surface area contributed by atoms with Crippen LogP contribution in [0.25, 0.3) is 0 Å². The fourth-order valence-corrected chi connectivity index (χ4v) is 5.02. The van der Waals surface area contributed by atoms with Gasteiger partial charge in [0, 0.05) is 6.54 Å². The molecule has 1 aliphatic carbocycles. The number of sulfonamides is 1. The normalized spacial score (nSPS) is 15.2. The topological polar surface area (TPSA) is 66.5 Å². The molecule has 2 aromatic rings. The molecule has 1 N–H and O–H groups in total. The summed E-state index contributed by atoms with van der Waals surface area (Å²) in [5.74, 6) is 0.224. The van der Waals surface area contributed by atoms with Crippen molar-refractivity contribution >= 4 is 21.6 Å². The monoisotopic (exact) mass is 400 g/mol. The Morgan fingerprint density at radius 2 is 1.64 bits per heavy atom. The second-order valence-electron chi connectivity index (χ2n) is 7.47. The lowest BCUT2D eigenvalue weighted by molar-refractivity contribution is -0.119. The number of rotatable bonds is 7. The number of amides is 1. The van der Waals surface area contributed by atoms with Crippen molar-refractivity contribution in [3.05, 3.63) is 60.2 Å². The van der Waals surface area contributed by atoms with Crippen molar-refractivity contribution < 1.29 is 13.2 Å². The van der Waals surface area contributed by atoms with Gasteiger partial charge in [0.05, 0.1) is 10.6 Å². The van der Waals surface area contributed by atoms with Crippen molar-refractivity contribution in [2.24, 2.45) is 5.92 Å². The summed E-state index contributed by atoms with van der Waals surface area (Å²) in [5.41, 5.74) is 1.52. The van der Waals surface area contributed by atoms with Gasteiger partial charge in [-0.25, -0.2) is 8.42 Å². The third-order valence-electron chi connectivity index (χ3n) is 5.25. The molecule has 0 bridgehead atoms. The van der Waals surface area contributed by atoms with Crippen LogP contribution in [0.4, 0.5) is 5.69 Å². The highest BCUT2D eigenvalue weighted by atomic mass is 32.2. The van der Waals surface area contributed by atoms with E-state index in [4.69, 9.17) is 0 Å². The number of nitrogens with zero attached hydrogens (tertiary/aromatic N) is 1. The van der Waals surface area contributed by atoms with Crippen LogP contribution in [0, 0.1) is 12.8 Å². The Balaban J connectivity index is 1.78. The molecule has 0 radical (unpaired) electrons. The molecule has 0 saturated heterocycles. The molecule has 6 heteroatoms. The van der Waals surface area contributed by atoms with Gasteiger partial charge >= 0.3 is 0 Å². The Morgan fingerprint density at radius 1 is 1.00 bits per heavy atom. The minimum atomic E-state index is -3.83. The summed E-state index contributed by atoms with van der Waals surface area (Å²) in [6, 6.07) is 15.4. The van der Waals surface area contributed by atoms with Crippen molar-refractivity contribution in [3.8, 4) is 0 Å². The number of hydrogen-bond donors (Lipinski definition) is 1. The Kier molecular flexibility index (Phi) is 6.73. The summed E-state index contributed by atoms with van der Waals surface area (Å²) < 4.78 is 27.6. The maximum absolute atomic E-state index is 13.2. The van der Waals surface area contributed by atoms with E-state index in [0.717, 1.165) is 18.4 Å². The molecule has 1 aliphatic rings. The lowest BCUT2D eigenvalue weighted by Gasteiger charge is -2.25. The van der Waals surface area contributed by atoms with E-state index in [1.807, 2.05) is 19.1 Å². The number of aryl methyl sites for hydroxylation is 1. The molecule has 0 unspecified atom stereocenters. The number of anilines is 1. The summed E-state index contributed by atoms with van der Waals surface area (Å²) in [4.78, 5) is 12.8. The van der Waals surface area contributed by atoms with Crippen LogP contribution < -0.4 is 9.62 Å². The Bertz CT molecular complexity index is 874. The largest absolute Gasteiger partial charge is 0.354 e. The number of hydrogen-bond acceptors (Lipinski definition) is 3. The van der Waals surface area contributed by atoms with Gasteiger partial charge in [0.25, 0.3) is 10.0 Å². The zero-order valence-corrected chi connectivity index (χ0v) is 17.1. The van der Waals surface area contributed by atoms with Crippen LogP contribution in [0.3, 0.4) is 0 Å². The first kappa shape index (κ1) is 20.4. The smallest absolute Gasteiger partial charge is 0.264 e. The van der Waals surface area contributed by atoms with E-state index in [9.17, 15) is 13.2 Å². The molecule has 1 fully saturated rings. The van der Waals surface area contributed by atoms with Crippen LogP contribution >= 0.6 is 0 Å². The van der Waals surface area contributed by atoms with Crippen LogP contribution in [0.15, 0.2) is 59.5 Å². The van der Waals surface area contributed by atoms with E-state index in [-0.39, 0.29) is 17.3 Å². The van der Waals surface area contributed by atoms with Gasteiger partial charge in [-0.2, -0.15) is 0 Å². The zero-order valence-electron chi connectivity index (χ0n) is 16.3. The minimum Gasteiger partial charge on any atom is -0.354 e. The highest BCUT2D eigenvalue weighted by Crippen LogP contribution is 2.25. The Labute approximate surface area is 167 Å². The Hall–Kier alpha value is -2.34. The highest BCUT2D eigenvalue weighted by Gasteiger charge is 2.27. The van der Waals surface area contributed by atoms with Crippen LogP contribution in [-0.2, 0) is 14.8 Å². The molecule has 0 aliphatic heterocycles. The second kappa shape index (κ2) is 9.24. The minimum absolute atomic E-state index is 0.177. The predicted octanol–water partition coefficient (Wildman–Crippen LogP) is 3.89. The fraction of sp³-hybridized carbons (Fsp3) is 0.409. The molecule has 0 aromatic heterocycles. The molecule has 0 spiro atoms.